The standard InChI is InChI=1S/C14H19BrN2O3/c1-8(2)5-9(7-16)13(18)17-10-3-4-12(15)11(6-10)14(19)20/h3-4,6,8-9H,5,7,16H2,1-2H3,(H,17,18)(H,19,20). The first-order valence-electron chi connectivity index (χ1n) is 6.39. The van der Waals surface area contributed by atoms with Crippen molar-refractivity contribution in [3.8, 4) is 0 Å². The first kappa shape index (κ1) is 16.7. The first-order valence-corrected chi connectivity index (χ1v) is 7.18. The van der Waals surface area contributed by atoms with E-state index in [1.807, 2.05) is 13.8 Å². The molecule has 1 unspecified atom stereocenters. The Balaban J connectivity index is 2.84. The second-order valence-corrected chi connectivity index (χ2v) is 5.91. The second kappa shape index (κ2) is 7.40. The zero-order valence-corrected chi connectivity index (χ0v) is 13.1. The SMILES string of the molecule is CC(C)CC(CN)C(=O)Nc1ccc(Br)c(C(=O)O)c1. The van der Waals surface area contributed by atoms with Crippen LogP contribution in [0.3, 0.4) is 0 Å². The van der Waals surface area contributed by atoms with Gasteiger partial charge in [-0.15, -0.1) is 0 Å². The Kier molecular flexibility index (Phi) is 6.16. The molecule has 0 saturated heterocycles. The number of halogens is 1. The maximum Gasteiger partial charge on any atom is 0.336 e. The van der Waals surface area contributed by atoms with E-state index in [9.17, 15) is 9.59 Å². The molecular weight excluding hydrogens is 324 g/mol. The summed E-state index contributed by atoms with van der Waals surface area (Å²) in [6, 6.07) is 4.67. The van der Waals surface area contributed by atoms with Gasteiger partial charge in [0.15, 0.2) is 0 Å². The molecule has 0 fully saturated rings. The van der Waals surface area contributed by atoms with Crippen LogP contribution < -0.4 is 11.1 Å². The summed E-state index contributed by atoms with van der Waals surface area (Å²) in [4.78, 5) is 23.1. The summed E-state index contributed by atoms with van der Waals surface area (Å²) in [5, 5.41) is 11.8. The Hall–Kier alpha value is -1.40. The summed E-state index contributed by atoms with van der Waals surface area (Å²) in [5.74, 6) is -1.13. The van der Waals surface area contributed by atoms with E-state index in [0.717, 1.165) is 0 Å². The Bertz CT molecular complexity index is 503. The molecule has 0 aliphatic heterocycles. The number of carbonyl (C=O) groups is 2. The lowest BCUT2D eigenvalue weighted by molar-refractivity contribution is -0.120. The van der Waals surface area contributed by atoms with E-state index >= 15 is 0 Å². The number of hydrogen-bond acceptors (Lipinski definition) is 3. The van der Waals surface area contributed by atoms with Crippen LogP contribution >= 0.6 is 15.9 Å². The van der Waals surface area contributed by atoms with Gasteiger partial charge in [0.1, 0.15) is 0 Å². The van der Waals surface area contributed by atoms with Crippen molar-refractivity contribution in [3.05, 3.63) is 28.2 Å². The normalized spacial score (nSPS) is 12.2. The molecule has 1 atom stereocenters. The number of benzene rings is 1. The molecule has 0 aliphatic carbocycles. The van der Waals surface area contributed by atoms with Crippen LogP contribution in [-0.2, 0) is 4.79 Å². The van der Waals surface area contributed by atoms with Crippen LogP contribution in [0.1, 0.15) is 30.6 Å². The summed E-state index contributed by atoms with van der Waals surface area (Å²) in [7, 11) is 0. The molecule has 4 N–H and O–H groups in total. The molecule has 0 aliphatic rings. The molecule has 0 heterocycles. The number of aromatic carboxylic acids is 1. The summed E-state index contributed by atoms with van der Waals surface area (Å²) in [6.07, 6.45) is 0.699. The lowest BCUT2D eigenvalue weighted by atomic mass is 9.96. The third-order valence-electron chi connectivity index (χ3n) is 2.88. The van der Waals surface area contributed by atoms with E-state index in [1.165, 1.54) is 6.07 Å². The van der Waals surface area contributed by atoms with Gasteiger partial charge >= 0.3 is 5.97 Å². The highest BCUT2D eigenvalue weighted by Crippen LogP contribution is 2.22. The van der Waals surface area contributed by atoms with Gasteiger partial charge in [-0.05, 0) is 46.5 Å². The number of carboxylic acid groups (broad SMARTS) is 1. The van der Waals surface area contributed by atoms with E-state index in [1.54, 1.807) is 12.1 Å². The zero-order valence-electron chi connectivity index (χ0n) is 11.5. The van der Waals surface area contributed by atoms with Crippen molar-refractivity contribution in [2.24, 2.45) is 17.6 Å². The molecule has 0 spiro atoms. The molecule has 1 rings (SSSR count). The maximum atomic E-state index is 12.1. The Labute approximate surface area is 126 Å². The van der Waals surface area contributed by atoms with E-state index < -0.39 is 5.97 Å². The van der Waals surface area contributed by atoms with Gasteiger partial charge in [0.2, 0.25) is 5.91 Å². The molecule has 0 saturated carbocycles. The second-order valence-electron chi connectivity index (χ2n) is 5.05. The van der Waals surface area contributed by atoms with Gasteiger partial charge in [0.25, 0.3) is 0 Å². The number of hydrogen-bond donors (Lipinski definition) is 3. The van der Waals surface area contributed by atoms with Crippen LogP contribution in [0.25, 0.3) is 0 Å². The van der Waals surface area contributed by atoms with E-state index in [2.05, 4.69) is 21.2 Å². The minimum Gasteiger partial charge on any atom is -0.478 e. The molecule has 1 aromatic rings. The van der Waals surface area contributed by atoms with Gasteiger partial charge in [0.05, 0.1) is 11.5 Å². The van der Waals surface area contributed by atoms with E-state index in [-0.39, 0.29) is 23.9 Å². The molecular formula is C14H19BrN2O3. The molecule has 20 heavy (non-hydrogen) atoms. The number of nitrogens with one attached hydrogen (secondary N) is 1. The molecule has 110 valence electrons. The predicted octanol–water partition coefficient (Wildman–Crippen LogP) is 2.71. The van der Waals surface area contributed by atoms with Crippen molar-refractivity contribution in [3.63, 3.8) is 0 Å². The van der Waals surface area contributed by atoms with E-state index in [0.29, 0.717) is 22.5 Å². The van der Waals surface area contributed by atoms with Gasteiger partial charge in [-0.25, -0.2) is 4.79 Å². The highest BCUT2D eigenvalue weighted by Gasteiger charge is 2.19. The Morgan fingerprint density at radius 2 is 2.05 bits per heavy atom. The first-order chi connectivity index (χ1) is 9.35. The highest BCUT2D eigenvalue weighted by molar-refractivity contribution is 9.10. The number of nitrogens with two attached hydrogens (primary N) is 1. The molecule has 1 amide bonds. The largest absolute Gasteiger partial charge is 0.478 e. The molecule has 0 aromatic heterocycles. The fraction of sp³-hybridized carbons (Fsp3) is 0.429. The molecule has 6 heteroatoms. The van der Waals surface area contributed by atoms with Gasteiger partial charge in [-0.1, -0.05) is 13.8 Å². The smallest absolute Gasteiger partial charge is 0.336 e. The molecule has 1 aromatic carbocycles. The Morgan fingerprint density at radius 1 is 1.40 bits per heavy atom. The summed E-state index contributed by atoms with van der Waals surface area (Å²) < 4.78 is 0.473. The Morgan fingerprint density at radius 3 is 2.55 bits per heavy atom. The van der Waals surface area contributed by atoms with Crippen molar-refractivity contribution in [1.29, 1.82) is 0 Å². The lowest BCUT2D eigenvalue weighted by Crippen LogP contribution is -2.30. The number of carbonyl (C=O) groups excluding carboxylic acids is 1. The highest BCUT2D eigenvalue weighted by atomic mass is 79.9. The predicted molar refractivity (Wildman–Crippen MR) is 81.7 cm³/mol. The van der Waals surface area contributed by atoms with Crippen LogP contribution in [0.2, 0.25) is 0 Å². The minimum absolute atomic E-state index is 0.107. The van der Waals surface area contributed by atoms with E-state index in [4.69, 9.17) is 10.8 Å². The van der Waals surface area contributed by atoms with Crippen molar-refractivity contribution in [2.45, 2.75) is 20.3 Å². The number of amides is 1. The fourth-order valence-electron chi connectivity index (χ4n) is 1.89. The summed E-state index contributed by atoms with van der Waals surface area (Å²) >= 11 is 3.16. The van der Waals surface area contributed by atoms with Gasteiger partial charge < -0.3 is 16.2 Å². The van der Waals surface area contributed by atoms with Crippen LogP contribution in [0, 0.1) is 11.8 Å². The maximum absolute atomic E-state index is 12.1. The van der Waals surface area contributed by atoms with Gasteiger partial charge in [0, 0.05) is 16.7 Å². The number of rotatable bonds is 6. The average Bonchev–Trinajstić information content (AvgIpc) is 2.37. The minimum atomic E-state index is -1.05. The van der Waals surface area contributed by atoms with Crippen molar-refractivity contribution < 1.29 is 14.7 Å². The number of carboxylic acids is 1. The third kappa shape index (κ3) is 4.61. The quantitative estimate of drug-likeness (QED) is 0.740. The molecule has 0 radical (unpaired) electrons. The van der Waals surface area contributed by atoms with Crippen LogP contribution in [0.15, 0.2) is 22.7 Å². The van der Waals surface area contributed by atoms with Crippen LogP contribution in [0.4, 0.5) is 5.69 Å². The lowest BCUT2D eigenvalue weighted by Gasteiger charge is -2.17. The monoisotopic (exact) mass is 342 g/mol. The average molecular weight is 343 g/mol. The van der Waals surface area contributed by atoms with Crippen molar-refractivity contribution in [2.75, 3.05) is 11.9 Å². The van der Waals surface area contributed by atoms with Gasteiger partial charge in [-0.2, -0.15) is 0 Å². The fourth-order valence-corrected chi connectivity index (χ4v) is 2.31. The van der Waals surface area contributed by atoms with Crippen LogP contribution in [-0.4, -0.2) is 23.5 Å². The molecule has 0 bridgehead atoms. The molecule has 5 nitrogen and oxygen atoms in total. The number of anilines is 1. The topological polar surface area (TPSA) is 92.4 Å². The van der Waals surface area contributed by atoms with Crippen molar-refractivity contribution in [1.82, 2.24) is 0 Å². The van der Waals surface area contributed by atoms with Crippen LogP contribution in [0.5, 0.6) is 0 Å². The summed E-state index contributed by atoms with van der Waals surface area (Å²) in [5.41, 5.74) is 6.18. The van der Waals surface area contributed by atoms with Gasteiger partial charge in [-0.3, -0.25) is 4.79 Å². The zero-order chi connectivity index (χ0) is 15.3. The summed E-state index contributed by atoms with van der Waals surface area (Å²) in [6.45, 7) is 4.32. The van der Waals surface area contributed by atoms with Crippen molar-refractivity contribution >= 4 is 33.5 Å². The third-order valence-corrected chi connectivity index (χ3v) is 3.57.